The number of carboxylic acid groups (broad SMARTS) is 1. The van der Waals surface area contributed by atoms with Gasteiger partial charge in [-0.25, -0.2) is 0 Å². The van der Waals surface area contributed by atoms with Crippen molar-refractivity contribution in [2.24, 2.45) is 0 Å². The molecule has 0 aromatic rings. The Morgan fingerprint density at radius 3 is 2.06 bits per heavy atom. The number of carboxylic acids is 1. The Morgan fingerprint density at radius 2 is 1.53 bits per heavy atom. The molecule has 1 aliphatic heterocycles. The number of quaternary nitrogens is 1. The van der Waals surface area contributed by atoms with Crippen LogP contribution in [0.4, 0.5) is 0 Å². The minimum Gasteiger partial charge on any atom is -0.550 e. The Labute approximate surface area is 106 Å². The van der Waals surface area contributed by atoms with Crippen LogP contribution >= 0.6 is 0 Å². The molecule has 0 atom stereocenters. The zero-order chi connectivity index (χ0) is 12.9. The molecule has 1 aliphatic rings. The molecule has 1 saturated heterocycles. The van der Waals surface area contributed by atoms with Gasteiger partial charge in [-0.05, 0) is 19.8 Å². The van der Waals surface area contributed by atoms with Crippen molar-refractivity contribution in [3.63, 3.8) is 0 Å². The molecule has 0 unspecified atom stereocenters. The van der Waals surface area contributed by atoms with Crippen molar-refractivity contribution in [2.75, 3.05) is 19.6 Å². The number of carbonyl (C=O) groups is 1. The van der Waals surface area contributed by atoms with Gasteiger partial charge in [0.05, 0.1) is 19.6 Å². The Bertz CT molecular complexity index is 173. The van der Waals surface area contributed by atoms with Crippen LogP contribution in [-0.2, 0) is 4.79 Å². The fourth-order valence-electron chi connectivity index (χ4n) is 2.28. The number of likely N-dealkylation sites (tertiary alicyclic amines) is 1. The van der Waals surface area contributed by atoms with Gasteiger partial charge in [0.25, 0.3) is 0 Å². The lowest BCUT2D eigenvalue weighted by Gasteiger charge is -2.11. The van der Waals surface area contributed by atoms with E-state index in [9.17, 15) is 0 Å². The van der Waals surface area contributed by atoms with Gasteiger partial charge in [0, 0.05) is 18.8 Å². The third-order valence-corrected chi connectivity index (χ3v) is 3.19. The van der Waals surface area contributed by atoms with Gasteiger partial charge in [0.1, 0.15) is 0 Å². The first-order valence-corrected chi connectivity index (χ1v) is 7.18. The predicted molar refractivity (Wildman–Crippen MR) is 68.9 cm³/mol. The van der Waals surface area contributed by atoms with E-state index in [4.69, 9.17) is 9.90 Å². The lowest BCUT2D eigenvalue weighted by Crippen LogP contribution is -3.09. The summed E-state index contributed by atoms with van der Waals surface area (Å²) in [6.45, 7) is 7.62. The van der Waals surface area contributed by atoms with Gasteiger partial charge >= 0.3 is 0 Å². The van der Waals surface area contributed by atoms with Gasteiger partial charge in [0.2, 0.25) is 0 Å². The monoisotopic (exact) mass is 243 g/mol. The van der Waals surface area contributed by atoms with Crippen LogP contribution in [0.5, 0.6) is 0 Å². The molecule has 0 aromatic carbocycles. The lowest BCUT2D eigenvalue weighted by molar-refractivity contribution is -0.887. The first kappa shape index (κ1) is 16.4. The van der Waals surface area contributed by atoms with Crippen LogP contribution in [0, 0.1) is 0 Å². The van der Waals surface area contributed by atoms with Gasteiger partial charge in [0.15, 0.2) is 0 Å². The second-order valence-electron chi connectivity index (χ2n) is 4.97. The van der Waals surface area contributed by atoms with Crippen molar-refractivity contribution in [2.45, 2.75) is 65.2 Å². The number of hydrogen-bond acceptors (Lipinski definition) is 2. The summed E-state index contributed by atoms with van der Waals surface area (Å²) >= 11 is 0. The van der Waals surface area contributed by atoms with Crippen LogP contribution in [0.2, 0.25) is 0 Å². The largest absolute Gasteiger partial charge is 0.550 e. The number of nitrogens with one attached hydrogen (secondary N) is 1. The summed E-state index contributed by atoms with van der Waals surface area (Å²) < 4.78 is 0. The van der Waals surface area contributed by atoms with E-state index in [1.165, 1.54) is 71.0 Å². The second-order valence-corrected chi connectivity index (χ2v) is 4.97. The maximum absolute atomic E-state index is 8.89. The zero-order valence-corrected chi connectivity index (χ0v) is 11.6. The van der Waals surface area contributed by atoms with Gasteiger partial charge < -0.3 is 14.8 Å². The molecular formula is C14H29NO2. The number of unbranched alkanes of at least 4 members (excludes halogenated alkanes) is 5. The van der Waals surface area contributed by atoms with Crippen molar-refractivity contribution in [1.29, 1.82) is 0 Å². The maximum atomic E-state index is 8.89. The molecule has 1 N–H and O–H groups in total. The normalized spacial score (nSPS) is 15.4. The van der Waals surface area contributed by atoms with E-state index in [1.54, 1.807) is 0 Å². The van der Waals surface area contributed by atoms with E-state index >= 15 is 0 Å². The van der Waals surface area contributed by atoms with Gasteiger partial charge in [-0.3, -0.25) is 0 Å². The summed E-state index contributed by atoms with van der Waals surface area (Å²) in [6.07, 6.45) is 11.7. The Kier molecular flexibility index (Phi) is 11.5. The first-order valence-electron chi connectivity index (χ1n) is 7.18. The molecule has 0 spiro atoms. The topological polar surface area (TPSA) is 44.6 Å². The highest BCUT2D eigenvalue weighted by molar-refractivity contribution is 5.60. The summed E-state index contributed by atoms with van der Waals surface area (Å²) in [5, 5.41) is 8.89. The molecule has 1 rings (SSSR count). The highest BCUT2D eigenvalue weighted by Crippen LogP contribution is 2.03. The van der Waals surface area contributed by atoms with E-state index < -0.39 is 5.97 Å². The Hall–Kier alpha value is -0.570. The minimum atomic E-state index is -1.08. The molecule has 1 heterocycles. The number of hydrogen-bond donors (Lipinski definition) is 1. The molecule has 0 aromatic heterocycles. The fraction of sp³-hybridized carbons (Fsp3) is 0.929. The van der Waals surface area contributed by atoms with Crippen LogP contribution in [0.25, 0.3) is 0 Å². The SMILES string of the molecule is CC(=O)[O-].CCCCCCCC[NH+]1CCCC1. The van der Waals surface area contributed by atoms with E-state index in [2.05, 4.69) is 6.92 Å². The van der Waals surface area contributed by atoms with Crippen molar-refractivity contribution in [1.82, 2.24) is 0 Å². The van der Waals surface area contributed by atoms with Crippen molar-refractivity contribution >= 4 is 5.97 Å². The third kappa shape index (κ3) is 13.4. The standard InChI is InChI=1S/C12H25N.C2H4O2/c1-2-3-4-5-6-7-10-13-11-8-9-12-13;1-2(3)4/h2-12H2,1H3;1H3,(H,3,4). The molecule has 1 fully saturated rings. The summed E-state index contributed by atoms with van der Waals surface area (Å²) in [5.74, 6) is -1.08. The predicted octanol–water partition coefficient (Wildman–Crippen LogP) is 0.782. The summed E-state index contributed by atoms with van der Waals surface area (Å²) in [5.41, 5.74) is 0. The van der Waals surface area contributed by atoms with E-state index in [1.807, 2.05) is 4.90 Å². The summed E-state index contributed by atoms with van der Waals surface area (Å²) in [7, 11) is 0. The van der Waals surface area contributed by atoms with Crippen LogP contribution in [-0.4, -0.2) is 25.6 Å². The molecule has 17 heavy (non-hydrogen) atoms. The van der Waals surface area contributed by atoms with Crippen LogP contribution in [0.15, 0.2) is 0 Å². The van der Waals surface area contributed by atoms with E-state index in [-0.39, 0.29) is 0 Å². The van der Waals surface area contributed by atoms with Crippen LogP contribution in [0.3, 0.4) is 0 Å². The molecule has 3 nitrogen and oxygen atoms in total. The van der Waals surface area contributed by atoms with E-state index in [0.29, 0.717) is 0 Å². The number of rotatable bonds is 7. The average Bonchev–Trinajstić information content (AvgIpc) is 2.75. The van der Waals surface area contributed by atoms with Gasteiger partial charge in [-0.15, -0.1) is 0 Å². The van der Waals surface area contributed by atoms with Crippen molar-refractivity contribution in [3.05, 3.63) is 0 Å². The van der Waals surface area contributed by atoms with Crippen LogP contribution in [0.1, 0.15) is 65.2 Å². The minimum absolute atomic E-state index is 0.972. The Morgan fingerprint density at radius 1 is 1.06 bits per heavy atom. The molecule has 0 aliphatic carbocycles. The molecule has 0 saturated carbocycles. The second kappa shape index (κ2) is 11.9. The number of carbonyl (C=O) groups excluding carboxylic acids is 1. The smallest absolute Gasteiger partial charge is 0.0773 e. The maximum Gasteiger partial charge on any atom is 0.0773 e. The van der Waals surface area contributed by atoms with E-state index in [0.717, 1.165) is 6.92 Å². The molecule has 0 radical (unpaired) electrons. The van der Waals surface area contributed by atoms with Crippen LogP contribution < -0.4 is 10.0 Å². The summed E-state index contributed by atoms with van der Waals surface area (Å²) in [4.78, 5) is 10.8. The van der Waals surface area contributed by atoms with Crippen molar-refractivity contribution in [3.8, 4) is 0 Å². The highest BCUT2D eigenvalue weighted by atomic mass is 16.4. The first-order chi connectivity index (χ1) is 8.16. The van der Waals surface area contributed by atoms with Gasteiger partial charge in [-0.2, -0.15) is 0 Å². The number of aliphatic carboxylic acids is 1. The molecule has 0 amide bonds. The summed E-state index contributed by atoms with van der Waals surface area (Å²) in [6, 6.07) is 0. The average molecular weight is 243 g/mol. The molecule has 102 valence electrons. The molecule has 3 heteroatoms. The molecule has 0 bridgehead atoms. The van der Waals surface area contributed by atoms with Gasteiger partial charge in [-0.1, -0.05) is 32.6 Å². The quantitative estimate of drug-likeness (QED) is 0.672. The van der Waals surface area contributed by atoms with Crippen molar-refractivity contribution < 1.29 is 14.8 Å². The Balaban J connectivity index is 0.000000557. The highest BCUT2D eigenvalue weighted by Gasteiger charge is 2.13. The fourth-order valence-corrected chi connectivity index (χ4v) is 2.28. The molecular weight excluding hydrogens is 214 g/mol. The lowest BCUT2D eigenvalue weighted by atomic mass is 10.1. The zero-order valence-electron chi connectivity index (χ0n) is 11.6. The third-order valence-electron chi connectivity index (χ3n) is 3.19.